The van der Waals surface area contributed by atoms with Gasteiger partial charge in [-0.05, 0) is 19.3 Å². The second-order valence-electron chi connectivity index (χ2n) is 4.07. The molecule has 0 aliphatic carbocycles. The van der Waals surface area contributed by atoms with Gasteiger partial charge in [0.15, 0.2) is 0 Å². The Labute approximate surface area is 103 Å². The minimum Gasteiger partial charge on any atom is -0.337 e. The molecule has 1 aromatic heterocycles. The quantitative estimate of drug-likeness (QED) is 0.681. The molecule has 6 heteroatoms. The van der Waals surface area contributed by atoms with Crippen molar-refractivity contribution < 1.29 is 8.42 Å². The SMILES string of the molecule is CCCCS(=O)(=O)NCCCCn1ccnc1. The standard InChI is InChI=1S/C11H21N3O2S/c1-2-3-10-17(15,16)13-6-4-5-8-14-9-7-12-11-14/h7,9,11,13H,2-6,8,10H2,1H3. The first-order chi connectivity index (χ1) is 8.14. The highest BCUT2D eigenvalue weighted by Crippen LogP contribution is 1.97. The Morgan fingerprint density at radius 3 is 2.76 bits per heavy atom. The van der Waals surface area contributed by atoms with E-state index in [9.17, 15) is 8.42 Å². The lowest BCUT2D eigenvalue weighted by Gasteiger charge is -2.06. The summed E-state index contributed by atoms with van der Waals surface area (Å²) in [5.41, 5.74) is 0. The molecular formula is C11H21N3O2S. The molecule has 5 nitrogen and oxygen atoms in total. The van der Waals surface area contributed by atoms with Crippen LogP contribution in [0.15, 0.2) is 18.7 Å². The zero-order chi connectivity index (χ0) is 12.6. The Morgan fingerprint density at radius 1 is 1.29 bits per heavy atom. The predicted molar refractivity (Wildman–Crippen MR) is 68.2 cm³/mol. The van der Waals surface area contributed by atoms with Crippen LogP contribution in [0.2, 0.25) is 0 Å². The van der Waals surface area contributed by atoms with Gasteiger partial charge in [0.1, 0.15) is 0 Å². The van der Waals surface area contributed by atoms with Crippen LogP contribution >= 0.6 is 0 Å². The van der Waals surface area contributed by atoms with Gasteiger partial charge in [0, 0.05) is 25.5 Å². The second kappa shape index (κ2) is 7.45. The van der Waals surface area contributed by atoms with Crippen LogP contribution in [0.5, 0.6) is 0 Å². The maximum absolute atomic E-state index is 11.5. The molecule has 0 bridgehead atoms. The molecule has 98 valence electrons. The van der Waals surface area contributed by atoms with Crippen LogP contribution < -0.4 is 4.72 Å². The zero-order valence-electron chi connectivity index (χ0n) is 10.3. The number of aromatic nitrogens is 2. The Bertz CT molecular complexity index is 387. The Morgan fingerprint density at radius 2 is 2.12 bits per heavy atom. The molecule has 1 rings (SSSR count). The first-order valence-electron chi connectivity index (χ1n) is 6.07. The third kappa shape index (κ3) is 6.43. The van der Waals surface area contributed by atoms with E-state index in [-0.39, 0.29) is 5.75 Å². The van der Waals surface area contributed by atoms with Crippen molar-refractivity contribution in [2.45, 2.75) is 39.2 Å². The van der Waals surface area contributed by atoms with Crippen LogP contribution in [0.4, 0.5) is 0 Å². The summed E-state index contributed by atoms with van der Waals surface area (Å²) in [5.74, 6) is 0.241. The van der Waals surface area contributed by atoms with E-state index >= 15 is 0 Å². The Hall–Kier alpha value is -0.880. The van der Waals surface area contributed by atoms with Crippen LogP contribution in [0.3, 0.4) is 0 Å². The van der Waals surface area contributed by atoms with Gasteiger partial charge < -0.3 is 4.57 Å². The summed E-state index contributed by atoms with van der Waals surface area (Å²) < 4.78 is 27.5. The van der Waals surface area contributed by atoms with Crippen molar-refractivity contribution in [1.82, 2.24) is 14.3 Å². The van der Waals surface area contributed by atoms with E-state index in [1.807, 2.05) is 17.7 Å². The summed E-state index contributed by atoms with van der Waals surface area (Å²) in [4.78, 5) is 3.95. The molecule has 0 amide bonds. The summed E-state index contributed by atoms with van der Waals surface area (Å²) in [6, 6.07) is 0. The molecule has 17 heavy (non-hydrogen) atoms. The second-order valence-corrected chi connectivity index (χ2v) is 6.00. The highest BCUT2D eigenvalue weighted by atomic mass is 32.2. The number of sulfonamides is 1. The van der Waals surface area contributed by atoms with Crippen molar-refractivity contribution in [3.63, 3.8) is 0 Å². The van der Waals surface area contributed by atoms with Gasteiger partial charge >= 0.3 is 0 Å². The average molecular weight is 259 g/mol. The van der Waals surface area contributed by atoms with Crippen LogP contribution in [-0.4, -0.2) is 30.3 Å². The van der Waals surface area contributed by atoms with E-state index in [0.717, 1.165) is 32.2 Å². The van der Waals surface area contributed by atoms with E-state index in [1.165, 1.54) is 0 Å². The number of hydrogen-bond donors (Lipinski definition) is 1. The van der Waals surface area contributed by atoms with Gasteiger partial charge in [-0.15, -0.1) is 0 Å². The first-order valence-corrected chi connectivity index (χ1v) is 7.72. The summed E-state index contributed by atoms with van der Waals surface area (Å²) in [6.45, 7) is 3.40. The van der Waals surface area contributed by atoms with Gasteiger partial charge in [-0.1, -0.05) is 13.3 Å². The molecule has 0 atom stereocenters. The molecule has 1 aromatic rings. The average Bonchev–Trinajstić information content (AvgIpc) is 2.79. The lowest BCUT2D eigenvalue weighted by atomic mass is 10.3. The van der Waals surface area contributed by atoms with Gasteiger partial charge in [0.25, 0.3) is 0 Å². The smallest absolute Gasteiger partial charge is 0.211 e. The third-order valence-corrected chi connectivity index (χ3v) is 3.96. The summed E-state index contributed by atoms with van der Waals surface area (Å²) in [6.07, 6.45) is 8.85. The summed E-state index contributed by atoms with van der Waals surface area (Å²) in [7, 11) is -3.05. The first kappa shape index (κ1) is 14.2. The number of unbranched alkanes of at least 4 members (excludes halogenated alkanes) is 2. The van der Waals surface area contributed by atoms with Crippen molar-refractivity contribution >= 4 is 10.0 Å². The van der Waals surface area contributed by atoms with Gasteiger partial charge in [-0.2, -0.15) is 0 Å². The fourth-order valence-corrected chi connectivity index (χ4v) is 2.74. The molecule has 0 fully saturated rings. The van der Waals surface area contributed by atoms with Gasteiger partial charge in [-0.3, -0.25) is 0 Å². The number of rotatable bonds is 9. The molecule has 0 radical (unpaired) electrons. The fourth-order valence-electron chi connectivity index (χ4n) is 1.47. The molecule has 0 aliphatic rings. The predicted octanol–water partition coefficient (Wildman–Crippen LogP) is 1.38. The number of imidazole rings is 1. The van der Waals surface area contributed by atoms with Crippen molar-refractivity contribution in [3.05, 3.63) is 18.7 Å². The normalized spacial score (nSPS) is 11.8. The highest BCUT2D eigenvalue weighted by molar-refractivity contribution is 7.89. The van der Waals surface area contributed by atoms with Crippen molar-refractivity contribution in [2.24, 2.45) is 0 Å². The Kier molecular flexibility index (Phi) is 6.21. The van der Waals surface area contributed by atoms with Gasteiger partial charge in [0.2, 0.25) is 10.0 Å². The third-order valence-electron chi connectivity index (χ3n) is 2.49. The molecule has 0 saturated heterocycles. The summed E-state index contributed by atoms with van der Waals surface area (Å²) >= 11 is 0. The number of nitrogens with zero attached hydrogens (tertiary/aromatic N) is 2. The number of hydrogen-bond acceptors (Lipinski definition) is 3. The van der Waals surface area contributed by atoms with Crippen molar-refractivity contribution in [2.75, 3.05) is 12.3 Å². The van der Waals surface area contributed by atoms with Crippen LogP contribution in [-0.2, 0) is 16.6 Å². The van der Waals surface area contributed by atoms with E-state index in [0.29, 0.717) is 6.54 Å². The topological polar surface area (TPSA) is 64.0 Å². The molecule has 1 N–H and O–H groups in total. The van der Waals surface area contributed by atoms with E-state index in [1.54, 1.807) is 12.5 Å². The van der Waals surface area contributed by atoms with Gasteiger partial charge in [-0.25, -0.2) is 18.1 Å². The zero-order valence-corrected chi connectivity index (χ0v) is 11.1. The molecule has 0 aliphatic heterocycles. The monoisotopic (exact) mass is 259 g/mol. The molecule has 0 saturated carbocycles. The van der Waals surface area contributed by atoms with E-state index < -0.39 is 10.0 Å². The van der Waals surface area contributed by atoms with Crippen LogP contribution in [0, 0.1) is 0 Å². The lowest BCUT2D eigenvalue weighted by Crippen LogP contribution is -2.27. The fraction of sp³-hybridized carbons (Fsp3) is 0.727. The van der Waals surface area contributed by atoms with Crippen LogP contribution in [0.1, 0.15) is 32.6 Å². The molecule has 0 aromatic carbocycles. The molecule has 0 unspecified atom stereocenters. The van der Waals surface area contributed by atoms with E-state index in [2.05, 4.69) is 9.71 Å². The maximum atomic E-state index is 11.5. The Balaban J connectivity index is 2.07. The van der Waals surface area contributed by atoms with E-state index in [4.69, 9.17) is 0 Å². The minimum atomic E-state index is -3.05. The highest BCUT2D eigenvalue weighted by Gasteiger charge is 2.07. The van der Waals surface area contributed by atoms with Crippen LogP contribution in [0.25, 0.3) is 0 Å². The summed E-state index contributed by atoms with van der Waals surface area (Å²) in [5, 5.41) is 0. The lowest BCUT2D eigenvalue weighted by molar-refractivity contribution is 0.563. The largest absolute Gasteiger partial charge is 0.337 e. The van der Waals surface area contributed by atoms with Crippen molar-refractivity contribution in [3.8, 4) is 0 Å². The minimum absolute atomic E-state index is 0.241. The molecular weight excluding hydrogens is 238 g/mol. The van der Waals surface area contributed by atoms with Crippen molar-refractivity contribution in [1.29, 1.82) is 0 Å². The molecule has 0 spiro atoms. The van der Waals surface area contributed by atoms with Gasteiger partial charge in [0.05, 0.1) is 12.1 Å². The number of aryl methyl sites for hydroxylation is 1. The number of nitrogens with one attached hydrogen (secondary N) is 1. The molecule has 1 heterocycles. The maximum Gasteiger partial charge on any atom is 0.211 e.